The highest BCUT2D eigenvalue weighted by atomic mass is 16.5. The van der Waals surface area contributed by atoms with E-state index < -0.39 is 0 Å². The number of nitrogens with zero attached hydrogens (tertiary/aromatic N) is 3. The van der Waals surface area contributed by atoms with Gasteiger partial charge in [0.05, 0.1) is 24.7 Å². The number of likely N-dealkylation sites (tertiary alicyclic amines) is 1. The van der Waals surface area contributed by atoms with E-state index in [0.717, 1.165) is 53.7 Å². The summed E-state index contributed by atoms with van der Waals surface area (Å²) in [5.41, 5.74) is 3.97. The summed E-state index contributed by atoms with van der Waals surface area (Å²) in [6.45, 7) is 2.83. The predicted molar refractivity (Wildman–Crippen MR) is 130 cm³/mol. The molecular formula is C26H28N4O4. The highest BCUT2D eigenvalue weighted by Gasteiger charge is 2.22. The number of carbonyl (C=O) groups is 1. The van der Waals surface area contributed by atoms with Crippen molar-refractivity contribution in [3.63, 3.8) is 0 Å². The molecule has 176 valence electrons. The number of rotatable bonds is 7. The summed E-state index contributed by atoms with van der Waals surface area (Å²) in [6.07, 6.45) is 3.64. The number of aromatic nitrogens is 2. The number of carbonyl (C=O) groups excluding carboxylic acids is 1. The molecule has 1 fully saturated rings. The molecule has 0 amide bonds. The number of fused-ring (bicyclic) bond motifs is 2. The van der Waals surface area contributed by atoms with E-state index in [1.54, 1.807) is 26.4 Å². The first-order valence-corrected chi connectivity index (χ1v) is 11.5. The fourth-order valence-electron chi connectivity index (χ4n) is 4.63. The van der Waals surface area contributed by atoms with E-state index in [2.05, 4.69) is 15.2 Å². The molecule has 0 bridgehead atoms. The van der Waals surface area contributed by atoms with Crippen molar-refractivity contribution in [2.45, 2.75) is 25.4 Å². The van der Waals surface area contributed by atoms with Gasteiger partial charge in [-0.1, -0.05) is 6.07 Å². The van der Waals surface area contributed by atoms with Crippen LogP contribution in [0.4, 0.5) is 0 Å². The lowest BCUT2D eigenvalue weighted by Crippen LogP contribution is -2.44. The number of hydrogen-bond donors (Lipinski definition) is 1. The van der Waals surface area contributed by atoms with E-state index in [9.17, 15) is 9.59 Å². The largest absolute Gasteiger partial charge is 0.497 e. The van der Waals surface area contributed by atoms with E-state index in [-0.39, 0.29) is 11.5 Å². The number of benzene rings is 2. The Morgan fingerprint density at radius 2 is 2.00 bits per heavy atom. The third-order valence-electron chi connectivity index (χ3n) is 6.66. The Bertz CT molecular complexity index is 1400. The molecule has 1 aliphatic heterocycles. The lowest BCUT2D eigenvalue weighted by molar-refractivity contribution is 0.0905. The predicted octanol–water partition coefficient (Wildman–Crippen LogP) is 3.13. The van der Waals surface area contributed by atoms with Crippen LogP contribution in [0.2, 0.25) is 0 Å². The second-order valence-corrected chi connectivity index (χ2v) is 8.83. The van der Waals surface area contributed by atoms with Crippen LogP contribution in [-0.4, -0.2) is 53.0 Å². The average Bonchev–Trinajstić information content (AvgIpc) is 3.15. The van der Waals surface area contributed by atoms with Crippen LogP contribution < -0.4 is 15.8 Å². The van der Waals surface area contributed by atoms with Gasteiger partial charge in [-0.3, -0.25) is 19.2 Å². The lowest BCUT2D eigenvalue weighted by atomic mass is 10.0. The van der Waals surface area contributed by atoms with E-state index in [4.69, 9.17) is 9.15 Å². The Hall–Kier alpha value is -3.49. The van der Waals surface area contributed by atoms with Crippen LogP contribution in [0.15, 0.2) is 57.9 Å². The van der Waals surface area contributed by atoms with Crippen LogP contribution in [-0.2, 0) is 13.6 Å². The van der Waals surface area contributed by atoms with Gasteiger partial charge < -0.3 is 14.5 Å². The van der Waals surface area contributed by atoms with Crippen molar-refractivity contribution in [3.8, 4) is 5.75 Å². The van der Waals surface area contributed by atoms with Crippen molar-refractivity contribution < 1.29 is 13.9 Å². The van der Waals surface area contributed by atoms with Crippen molar-refractivity contribution in [1.82, 2.24) is 19.8 Å². The fraction of sp³-hybridized carbons (Fsp3) is 0.346. The molecule has 4 aromatic rings. The van der Waals surface area contributed by atoms with Gasteiger partial charge in [0, 0.05) is 49.9 Å². The maximum atomic E-state index is 13.1. The number of hydrogen-bond acceptors (Lipinski definition) is 7. The minimum absolute atomic E-state index is 0.102. The van der Waals surface area contributed by atoms with Crippen molar-refractivity contribution >= 4 is 27.8 Å². The van der Waals surface area contributed by atoms with Crippen molar-refractivity contribution in [2.75, 3.05) is 26.7 Å². The zero-order chi connectivity index (χ0) is 23.7. The van der Waals surface area contributed by atoms with Gasteiger partial charge in [-0.05, 0) is 54.8 Å². The van der Waals surface area contributed by atoms with Gasteiger partial charge in [0.2, 0.25) is 0 Å². The van der Waals surface area contributed by atoms with Crippen LogP contribution in [0, 0.1) is 0 Å². The standard InChI is InChI=1S/C26H28N4O4/c1-29-23-6-3-17(13-25(23)34-26(29)32)15-28-18-8-11-30(12-9-18)16-24(31)20-7-10-27-22-5-4-19(33-2)14-21(20)22/h3-7,10,13-14,18,28H,8-9,11-12,15-16H2,1-2H3. The quantitative estimate of drug-likeness (QED) is 0.424. The molecule has 2 aromatic heterocycles. The van der Waals surface area contributed by atoms with Crippen LogP contribution in [0.25, 0.3) is 22.0 Å². The number of methoxy groups -OCH3 is 1. The summed E-state index contributed by atoms with van der Waals surface area (Å²) < 4.78 is 12.1. The third kappa shape index (κ3) is 4.47. The zero-order valence-electron chi connectivity index (χ0n) is 19.4. The summed E-state index contributed by atoms with van der Waals surface area (Å²) in [6, 6.07) is 13.7. The monoisotopic (exact) mass is 460 g/mol. The molecular weight excluding hydrogens is 432 g/mol. The van der Waals surface area contributed by atoms with Gasteiger partial charge in [0.15, 0.2) is 11.4 Å². The first kappa shape index (κ1) is 22.3. The SMILES string of the molecule is COc1ccc2nccc(C(=O)CN3CCC(NCc4ccc5c(c4)oc(=O)n5C)CC3)c2c1. The van der Waals surface area contributed by atoms with E-state index in [0.29, 0.717) is 30.3 Å². The fourth-order valence-corrected chi connectivity index (χ4v) is 4.63. The van der Waals surface area contributed by atoms with Gasteiger partial charge in [0.25, 0.3) is 0 Å². The van der Waals surface area contributed by atoms with Gasteiger partial charge in [-0.25, -0.2) is 4.79 Å². The number of piperidine rings is 1. The molecule has 0 radical (unpaired) electrons. The molecule has 0 atom stereocenters. The molecule has 3 heterocycles. The minimum Gasteiger partial charge on any atom is -0.497 e. The first-order valence-electron chi connectivity index (χ1n) is 11.5. The summed E-state index contributed by atoms with van der Waals surface area (Å²) >= 11 is 0. The second kappa shape index (κ2) is 9.40. The number of nitrogens with one attached hydrogen (secondary N) is 1. The Balaban J connectivity index is 1.16. The highest BCUT2D eigenvalue weighted by Crippen LogP contribution is 2.23. The molecule has 0 spiro atoms. The Morgan fingerprint density at radius 3 is 2.79 bits per heavy atom. The Kier molecular flexibility index (Phi) is 6.17. The third-order valence-corrected chi connectivity index (χ3v) is 6.66. The van der Waals surface area contributed by atoms with Gasteiger partial charge >= 0.3 is 5.76 Å². The highest BCUT2D eigenvalue weighted by molar-refractivity contribution is 6.08. The van der Waals surface area contributed by atoms with E-state index in [1.165, 1.54) is 4.57 Å². The van der Waals surface area contributed by atoms with Gasteiger partial charge in [-0.15, -0.1) is 0 Å². The molecule has 0 unspecified atom stereocenters. The van der Waals surface area contributed by atoms with Gasteiger partial charge in [-0.2, -0.15) is 0 Å². The molecule has 1 saturated heterocycles. The number of ketones is 1. The number of ether oxygens (including phenoxy) is 1. The molecule has 0 saturated carbocycles. The summed E-state index contributed by atoms with van der Waals surface area (Å²) in [7, 11) is 3.33. The van der Waals surface area contributed by atoms with Crippen molar-refractivity contribution in [3.05, 3.63) is 70.3 Å². The molecule has 0 aliphatic carbocycles. The molecule has 5 rings (SSSR count). The van der Waals surface area contributed by atoms with Crippen LogP contribution >= 0.6 is 0 Å². The van der Waals surface area contributed by atoms with Gasteiger partial charge in [0.1, 0.15) is 5.75 Å². The second-order valence-electron chi connectivity index (χ2n) is 8.83. The maximum absolute atomic E-state index is 13.1. The Labute approximate surface area is 197 Å². The molecule has 8 nitrogen and oxygen atoms in total. The number of oxazole rings is 1. The van der Waals surface area contributed by atoms with E-state index in [1.807, 2.05) is 36.4 Å². The number of Topliss-reactive ketones (excluding diaryl/α,β-unsaturated/α-hetero) is 1. The molecule has 34 heavy (non-hydrogen) atoms. The lowest BCUT2D eigenvalue weighted by Gasteiger charge is -2.32. The zero-order valence-corrected chi connectivity index (χ0v) is 19.4. The number of aryl methyl sites for hydroxylation is 1. The number of pyridine rings is 1. The molecule has 1 aliphatic rings. The topological polar surface area (TPSA) is 89.6 Å². The summed E-state index contributed by atoms with van der Waals surface area (Å²) in [5.74, 6) is 0.473. The van der Waals surface area contributed by atoms with Crippen LogP contribution in [0.5, 0.6) is 5.75 Å². The minimum atomic E-state index is -0.346. The average molecular weight is 461 g/mol. The van der Waals surface area contributed by atoms with Crippen LogP contribution in [0.3, 0.4) is 0 Å². The normalized spacial score (nSPS) is 15.2. The molecule has 2 aromatic carbocycles. The van der Waals surface area contributed by atoms with Crippen LogP contribution in [0.1, 0.15) is 28.8 Å². The summed E-state index contributed by atoms with van der Waals surface area (Å²) in [4.78, 5) is 31.4. The van der Waals surface area contributed by atoms with Crippen molar-refractivity contribution in [2.24, 2.45) is 7.05 Å². The first-order chi connectivity index (χ1) is 16.5. The molecule has 8 heteroatoms. The van der Waals surface area contributed by atoms with E-state index >= 15 is 0 Å². The maximum Gasteiger partial charge on any atom is 0.419 e. The summed E-state index contributed by atoms with van der Waals surface area (Å²) in [5, 5.41) is 4.43. The Morgan fingerprint density at radius 1 is 1.18 bits per heavy atom. The molecule has 1 N–H and O–H groups in total. The van der Waals surface area contributed by atoms with Crippen molar-refractivity contribution in [1.29, 1.82) is 0 Å². The smallest absolute Gasteiger partial charge is 0.419 e.